The summed E-state index contributed by atoms with van der Waals surface area (Å²) in [6.45, 7) is 1.64. The SMILES string of the molecule is CC(NC(=O)CSCc1nc2sc3c(c2c(=O)[nH]1)CCCC3)c1cccc(C(F)(F)F)c1. The number of benzene rings is 1. The summed E-state index contributed by atoms with van der Waals surface area (Å²) >= 11 is 2.87. The molecule has 1 unspecified atom stereocenters. The molecule has 0 saturated carbocycles. The molecule has 0 bridgehead atoms. The van der Waals surface area contributed by atoms with E-state index >= 15 is 0 Å². The maximum Gasteiger partial charge on any atom is 0.416 e. The molecule has 2 heterocycles. The van der Waals surface area contributed by atoms with Crippen molar-refractivity contribution in [1.82, 2.24) is 15.3 Å². The highest BCUT2D eigenvalue weighted by Crippen LogP contribution is 2.34. The Kier molecular flexibility index (Phi) is 6.62. The second-order valence-electron chi connectivity index (χ2n) is 7.81. The number of amides is 1. The number of thioether (sulfide) groups is 1. The van der Waals surface area contributed by atoms with Crippen molar-refractivity contribution in [3.63, 3.8) is 0 Å². The fourth-order valence-corrected chi connectivity index (χ4v) is 5.85. The molecule has 1 aromatic carbocycles. The summed E-state index contributed by atoms with van der Waals surface area (Å²) in [4.78, 5) is 34.2. The lowest BCUT2D eigenvalue weighted by molar-refractivity contribution is -0.137. The number of aromatic nitrogens is 2. The molecule has 1 aliphatic rings. The standard InChI is InChI=1S/C22H22F3N3O2S2/c1-12(13-5-4-6-14(9-13)22(23,24)25)26-18(29)11-31-10-17-27-20(30)19-15-7-2-3-8-16(15)32-21(19)28-17/h4-6,9,12H,2-3,7-8,10-11H2,1H3,(H,26,29)(H,27,28,30). The summed E-state index contributed by atoms with van der Waals surface area (Å²) in [5.41, 5.74) is 0.641. The highest BCUT2D eigenvalue weighted by atomic mass is 32.2. The quantitative estimate of drug-likeness (QED) is 0.520. The van der Waals surface area contributed by atoms with Crippen molar-refractivity contribution in [1.29, 1.82) is 0 Å². The van der Waals surface area contributed by atoms with E-state index in [2.05, 4.69) is 15.3 Å². The molecule has 4 rings (SSSR count). The molecule has 2 N–H and O–H groups in total. The van der Waals surface area contributed by atoms with Crippen LogP contribution in [0.15, 0.2) is 29.1 Å². The summed E-state index contributed by atoms with van der Waals surface area (Å²) < 4.78 is 38.7. The average Bonchev–Trinajstić information content (AvgIpc) is 3.12. The van der Waals surface area contributed by atoms with E-state index in [9.17, 15) is 22.8 Å². The van der Waals surface area contributed by atoms with Crippen LogP contribution >= 0.6 is 23.1 Å². The van der Waals surface area contributed by atoms with Gasteiger partial charge >= 0.3 is 6.18 Å². The van der Waals surface area contributed by atoms with Gasteiger partial charge in [0.1, 0.15) is 10.7 Å². The zero-order valence-electron chi connectivity index (χ0n) is 17.3. The number of carbonyl (C=O) groups excluding carboxylic acids is 1. The summed E-state index contributed by atoms with van der Waals surface area (Å²) in [7, 11) is 0. The zero-order valence-corrected chi connectivity index (χ0v) is 19.0. The lowest BCUT2D eigenvalue weighted by atomic mass is 9.97. The Morgan fingerprint density at radius 2 is 2.09 bits per heavy atom. The Balaban J connectivity index is 1.35. The van der Waals surface area contributed by atoms with Gasteiger partial charge in [-0.25, -0.2) is 4.98 Å². The number of alkyl halides is 3. The number of nitrogens with zero attached hydrogens (tertiary/aromatic N) is 1. The number of nitrogens with one attached hydrogen (secondary N) is 2. The van der Waals surface area contributed by atoms with Crippen LogP contribution in [0.2, 0.25) is 0 Å². The molecule has 0 radical (unpaired) electrons. The van der Waals surface area contributed by atoms with Gasteiger partial charge < -0.3 is 10.3 Å². The van der Waals surface area contributed by atoms with Gasteiger partial charge in [0.25, 0.3) is 5.56 Å². The Bertz CT molecular complexity index is 1200. The summed E-state index contributed by atoms with van der Waals surface area (Å²) in [5.74, 6) is 0.685. The fourth-order valence-electron chi connectivity index (χ4n) is 3.87. The number of carbonyl (C=O) groups is 1. The van der Waals surface area contributed by atoms with E-state index in [-0.39, 0.29) is 17.2 Å². The van der Waals surface area contributed by atoms with E-state index in [1.54, 1.807) is 24.3 Å². The number of hydrogen-bond donors (Lipinski definition) is 2. The van der Waals surface area contributed by atoms with Gasteiger partial charge in [0.05, 0.1) is 28.5 Å². The van der Waals surface area contributed by atoms with Crippen LogP contribution < -0.4 is 10.9 Å². The van der Waals surface area contributed by atoms with E-state index in [1.165, 1.54) is 22.7 Å². The average molecular weight is 482 g/mol. The predicted octanol–water partition coefficient (Wildman–Crippen LogP) is 4.99. The molecule has 170 valence electrons. The maximum absolute atomic E-state index is 12.9. The summed E-state index contributed by atoms with van der Waals surface area (Å²) in [5, 5.41) is 3.42. The Morgan fingerprint density at radius 3 is 2.88 bits per heavy atom. The van der Waals surface area contributed by atoms with Crippen molar-refractivity contribution in [2.75, 3.05) is 5.75 Å². The number of halogens is 3. The maximum atomic E-state index is 12.9. The molecule has 32 heavy (non-hydrogen) atoms. The first-order chi connectivity index (χ1) is 15.2. The van der Waals surface area contributed by atoms with Crippen molar-refractivity contribution in [2.45, 2.75) is 50.6 Å². The van der Waals surface area contributed by atoms with E-state index in [0.717, 1.165) is 48.2 Å². The normalized spacial score (nSPS) is 14.9. The van der Waals surface area contributed by atoms with Gasteiger partial charge in [-0.15, -0.1) is 23.1 Å². The van der Waals surface area contributed by atoms with Crippen molar-refractivity contribution in [3.8, 4) is 0 Å². The van der Waals surface area contributed by atoms with Gasteiger partial charge in [-0.3, -0.25) is 9.59 Å². The molecule has 3 aromatic rings. The smallest absolute Gasteiger partial charge is 0.349 e. The van der Waals surface area contributed by atoms with Crippen LogP contribution in [0.25, 0.3) is 10.2 Å². The van der Waals surface area contributed by atoms with Gasteiger partial charge in [0, 0.05) is 4.88 Å². The first-order valence-electron chi connectivity index (χ1n) is 10.3. The Hall–Kier alpha value is -2.33. The molecular weight excluding hydrogens is 459 g/mol. The Morgan fingerprint density at radius 1 is 1.31 bits per heavy atom. The summed E-state index contributed by atoms with van der Waals surface area (Å²) in [6.07, 6.45) is -0.302. The van der Waals surface area contributed by atoms with Gasteiger partial charge in [-0.05, 0) is 55.9 Å². The number of aryl methyl sites for hydroxylation is 2. The third-order valence-electron chi connectivity index (χ3n) is 5.44. The van der Waals surface area contributed by atoms with E-state index < -0.39 is 17.8 Å². The second kappa shape index (κ2) is 9.27. The summed E-state index contributed by atoms with van der Waals surface area (Å²) in [6, 6.07) is 4.37. The number of hydrogen-bond acceptors (Lipinski definition) is 5. The van der Waals surface area contributed by atoms with Crippen molar-refractivity contribution in [3.05, 3.63) is 62.0 Å². The van der Waals surface area contributed by atoms with E-state index in [4.69, 9.17) is 0 Å². The minimum atomic E-state index is -4.43. The minimum absolute atomic E-state index is 0.103. The molecule has 1 aliphatic carbocycles. The van der Waals surface area contributed by atoms with Crippen LogP contribution in [-0.2, 0) is 29.6 Å². The highest BCUT2D eigenvalue weighted by molar-refractivity contribution is 7.99. The third kappa shape index (κ3) is 5.01. The third-order valence-corrected chi connectivity index (χ3v) is 7.57. The number of rotatable bonds is 6. The van der Waals surface area contributed by atoms with Crippen LogP contribution in [0.3, 0.4) is 0 Å². The molecule has 0 fully saturated rings. The highest BCUT2D eigenvalue weighted by Gasteiger charge is 2.30. The van der Waals surface area contributed by atoms with Crippen LogP contribution in [0.5, 0.6) is 0 Å². The molecule has 0 spiro atoms. The first kappa shape index (κ1) is 22.8. The lowest BCUT2D eigenvalue weighted by Crippen LogP contribution is -2.28. The molecule has 0 saturated heterocycles. The fraction of sp³-hybridized carbons (Fsp3) is 0.409. The van der Waals surface area contributed by atoms with Crippen LogP contribution in [-0.4, -0.2) is 21.6 Å². The molecule has 1 atom stereocenters. The van der Waals surface area contributed by atoms with Crippen LogP contribution in [0.1, 0.15) is 53.2 Å². The molecular formula is C22H22F3N3O2S2. The molecule has 2 aromatic heterocycles. The number of aromatic amines is 1. The van der Waals surface area contributed by atoms with Crippen LogP contribution in [0, 0.1) is 0 Å². The van der Waals surface area contributed by atoms with E-state index in [1.807, 2.05) is 0 Å². The second-order valence-corrected chi connectivity index (χ2v) is 9.88. The monoisotopic (exact) mass is 481 g/mol. The number of H-pyrrole nitrogens is 1. The van der Waals surface area contributed by atoms with E-state index in [0.29, 0.717) is 22.5 Å². The minimum Gasteiger partial charge on any atom is -0.349 e. The van der Waals surface area contributed by atoms with Gasteiger partial charge in [-0.2, -0.15) is 13.2 Å². The van der Waals surface area contributed by atoms with Crippen molar-refractivity contribution >= 4 is 39.2 Å². The predicted molar refractivity (Wildman–Crippen MR) is 121 cm³/mol. The van der Waals surface area contributed by atoms with Gasteiger partial charge in [0.2, 0.25) is 5.91 Å². The number of fused-ring (bicyclic) bond motifs is 3. The van der Waals surface area contributed by atoms with Gasteiger partial charge in [0.15, 0.2) is 0 Å². The largest absolute Gasteiger partial charge is 0.416 e. The van der Waals surface area contributed by atoms with Crippen LogP contribution in [0.4, 0.5) is 13.2 Å². The zero-order chi connectivity index (χ0) is 22.9. The first-order valence-corrected chi connectivity index (χ1v) is 12.3. The molecule has 10 heteroatoms. The topological polar surface area (TPSA) is 74.8 Å². The molecule has 5 nitrogen and oxygen atoms in total. The molecule has 0 aliphatic heterocycles. The van der Waals surface area contributed by atoms with Gasteiger partial charge in [-0.1, -0.05) is 12.1 Å². The van der Waals surface area contributed by atoms with Crippen molar-refractivity contribution < 1.29 is 18.0 Å². The van der Waals surface area contributed by atoms with Crippen molar-refractivity contribution in [2.24, 2.45) is 0 Å². The number of thiophene rings is 1. The Labute approximate surface area is 190 Å². The lowest BCUT2D eigenvalue weighted by Gasteiger charge is -2.16. The molecule has 1 amide bonds.